The number of hydrogen-bond acceptors (Lipinski definition) is 7. The van der Waals surface area contributed by atoms with Crippen molar-refractivity contribution in [1.82, 2.24) is 4.98 Å². The molecule has 0 fully saturated rings. The molecule has 0 radical (unpaired) electrons. The summed E-state index contributed by atoms with van der Waals surface area (Å²) in [4.78, 5) is 16.9. The molecule has 0 saturated carbocycles. The summed E-state index contributed by atoms with van der Waals surface area (Å²) < 4.78 is 36.5. The van der Waals surface area contributed by atoms with Crippen molar-refractivity contribution in [2.24, 2.45) is 0 Å². The molecule has 1 amide bonds. The van der Waals surface area contributed by atoms with Crippen LogP contribution in [0.5, 0.6) is 11.5 Å². The van der Waals surface area contributed by atoms with Crippen LogP contribution >= 0.6 is 11.3 Å². The molecule has 1 aliphatic rings. The topological polar surface area (TPSA) is 94.6 Å². The van der Waals surface area contributed by atoms with Gasteiger partial charge in [-0.05, 0) is 18.6 Å². The first-order valence-electron chi connectivity index (χ1n) is 8.79. The highest BCUT2D eigenvalue weighted by molar-refractivity contribution is 7.91. The second-order valence-corrected chi connectivity index (χ2v) is 9.41. The minimum absolute atomic E-state index is 0.0777. The Morgan fingerprint density at radius 3 is 2.57 bits per heavy atom. The average molecular weight is 418 g/mol. The normalized spacial score (nSPS) is 13.4. The molecule has 9 heteroatoms. The molecule has 7 nitrogen and oxygen atoms in total. The molecule has 3 aromatic rings. The zero-order valence-corrected chi connectivity index (χ0v) is 16.5. The van der Waals surface area contributed by atoms with Gasteiger partial charge in [-0.3, -0.25) is 4.79 Å². The summed E-state index contributed by atoms with van der Waals surface area (Å²) in [5, 5.41) is 3.21. The first-order chi connectivity index (χ1) is 13.5. The molecule has 0 aliphatic carbocycles. The maximum absolute atomic E-state index is 12.2. The standard InChI is InChI=1S/C19H18N2O5S2/c22-18(7-4-10-28(23,24)13-5-2-1-3-6-13)21-19-20-14-11-15-16(12-17(14)27-19)26-9-8-25-15/h1-3,5-6,11-12H,4,7-10H2,(H,20,21,22). The summed E-state index contributed by atoms with van der Waals surface area (Å²) in [6, 6.07) is 11.9. The average Bonchev–Trinajstić information content (AvgIpc) is 3.07. The zero-order chi connectivity index (χ0) is 19.6. The van der Waals surface area contributed by atoms with Crippen LogP contribution in [0.25, 0.3) is 10.2 Å². The van der Waals surface area contributed by atoms with E-state index in [4.69, 9.17) is 9.47 Å². The molecule has 0 unspecified atom stereocenters. The largest absolute Gasteiger partial charge is 0.486 e. The van der Waals surface area contributed by atoms with Crippen LogP contribution in [0, 0.1) is 0 Å². The monoisotopic (exact) mass is 418 g/mol. The second kappa shape index (κ2) is 7.76. The van der Waals surface area contributed by atoms with Gasteiger partial charge in [-0.2, -0.15) is 0 Å². The smallest absolute Gasteiger partial charge is 0.226 e. The molecule has 0 saturated heterocycles. The fraction of sp³-hybridized carbons (Fsp3) is 0.263. The summed E-state index contributed by atoms with van der Waals surface area (Å²) in [6.45, 7) is 1.00. The summed E-state index contributed by atoms with van der Waals surface area (Å²) in [6.07, 6.45) is 0.342. The number of thiazole rings is 1. The van der Waals surface area contributed by atoms with Crippen molar-refractivity contribution in [1.29, 1.82) is 0 Å². The summed E-state index contributed by atoms with van der Waals surface area (Å²) in [7, 11) is -3.38. The first kappa shape index (κ1) is 18.7. The minimum Gasteiger partial charge on any atom is -0.486 e. The van der Waals surface area contributed by atoms with Crippen LogP contribution < -0.4 is 14.8 Å². The number of nitrogens with zero attached hydrogens (tertiary/aromatic N) is 1. The van der Waals surface area contributed by atoms with Crippen molar-refractivity contribution < 1.29 is 22.7 Å². The number of aromatic nitrogens is 1. The third-order valence-corrected chi connectivity index (χ3v) is 6.97. The quantitative estimate of drug-likeness (QED) is 0.660. The highest BCUT2D eigenvalue weighted by Gasteiger charge is 2.17. The van der Waals surface area contributed by atoms with Crippen molar-refractivity contribution in [3.8, 4) is 11.5 Å². The third kappa shape index (κ3) is 4.10. The molecular formula is C19H18N2O5S2. The van der Waals surface area contributed by atoms with Crippen LogP contribution in [0.2, 0.25) is 0 Å². The highest BCUT2D eigenvalue weighted by Crippen LogP contribution is 2.37. The number of hydrogen-bond donors (Lipinski definition) is 1. The molecule has 4 rings (SSSR count). The second-order valence-electron chi connectivity index (χ2n) is 6.27. The summed E-state index contributed by atoms with van der Waals surface area (Å²) in [5.41, 5.74) is 0.719. The van der Waals surface area contributed by atoms with Crippen molar-refractivity contribution >= 4 is 42.4 Å². The summed E-state index contributed by atoms with van der Waals surface area (Å²) in [5.74, 6) is 0.977. The number of sulfone groups is 1. The third-order valence-electron chi connectivity index (χ3n) is 4.22. The Balaban J connectivity index is 1.36. The van der Waals surface area contributed by atoms with Gasteiger partial charge in [0.05, 0.1) is 20.9 Å². The van der Waals surface area contributed by atoms with Crippen molar-refractivity contribution in [3.63, 3.8) is 0 Å². The molecule has 146 valence electrons. The number of amides is 1. The molecule has 28 heavy (non-hydrogen) atoms. The molecule has 1 aliphatic heterocycles. The fourth-order valence-electron chi connectivity index (χ4n) is 2.87. The van der Waals surface area contributed by atoms with Gasteiger partial charge in [-0.1, -0.05) is 29.5 Å². The Morgan fingerprint density at radius 1 is 1.11 bits per heavy atom. The van der Waals surface area contributed by atoms with Crippen LogP contribution in [-0.2, 0) is 14.6 Å². The van der Waals surface area contributed by atoms with Gasteiger partial charge in [0.15, 0.2) is 26.5 Å². The Labute approximate surface area is 166 Å². The maximum Gasteiger partial charge on any atom is 0.226 e. The van der Waals surface area contributed by atoms with E-state index < -0.39 is 9.84 Å². The van der Waals surface area contributed by atoms with Crippen molar-refractivity contribution in [2.75, 3.05) is 24.3 Å². The van der Waals surface area contributed by atoms with Gasteiger partial charge in [0.25, 0.3) is 0 Å². The van der Waals surface area contributed by atoms with Crippen LogP contribution in [0.3, 0.4) is 0 Å². The predicted octanol–water partition coefficient (Wildman–Crippen LogP) is 3.26. The van der Waals surface area contributed by atoms with Crippen LogP contribution in [0.4, 0.5) is 5.13 Å². The van der Waals surface area contributed by atoms with Gasteiger partial charge in [-0.15, -0.1) is 0 Å². The number of anilines is 1. The van der Waals surface area contributed by atoms with Crippen LogP contribution in [-0.4, -0.2) is 38.3 Å². The van der Waals surface area contributed by atoms with Gasteiger partial charge in [0, 0.05) is 18.6 Å². The molecular weight excluding hydrogens is 400 g/mol. The number of carbonyl (C=O) groups is 1. The van der Waals surface area contributed by atoms with E-state index in [0.29, 0.717) is 29.8 Å². The van der Waals surface area contributed by atoms with E-state index in [1.165, 1.54) is 11.3 Å². The number of rotatable bonds is 6. The van der Waals surface area contributed by atoms with E-state index in [1.807, 2.05) is 6.07 Å². The Morgan fingerprint density at radius 2 is 1.82 bits per heavy atom. The number of carbonyl (C=O) groups excluding carboxylic acids is 1. The molecule has 0 atom stereocenters. The van der Waals surface area contributed by atoms with Gasteiger partial charge in [-0.25, -0.2) is 13.4 Å². The molecule has 2 aromatic carbocycles. The van der Waals surface area contributed by atoms with E-state index in [-0.39, 0.29) is 29.4 Å². The lowest BCUT2D eigenvalue weighted by Crippen LogP contribution is -2.15. The Bertz CT molecular complexity index is 1070. The fourth-order valence-corrected chi connectivity index (χ4v) is 5.09. The van der Waals surface area contributed by atoms with E-state index >= 15 is 0 Å². The van der Waals surface area contributed by atoms with Gasteiger partial charge in [0.2, 0.25) is 5.91 Å². The SMILES string of the molecule is O=C(CCCS(=O)(=O)c1ccccc1)Nc1nc2cc3c(cc2s1)OCCO3. The molecule has 1 aromatic heterocycles. The van der Waals surface area contributed by atoms with Crippen LogP contribution in [0.1, 0.15) is 12.8 Å². The number of fused-ring (bicyclic) bond motifs is 2. The van der Waals surface area contributed by atoms with Crippen LogP contribution in [0.15, 0.2) is 47.4 Å². The van der Waals surface area contributed by atoms with E-state index in [1.54, 1.807) is 36.4 Å². The predicted molar refractivity (Wildman–Crippen MR) is 107 cm³/mol. The first-order valence-corrected chi connectivity index (χ1v) is 11.3. The van der Waals surface area contributed by atoms with Crippen molar-refractivity contribution in [3.05, 3.63) is 42.5 Å². The zero-order valence-electron chi connectivity index (χ0n) is 14.9. The maximum atomic E-state index is 12.2. The number of nitrogens with one attached hydrogen (secondary N) is 1. The van der Waals surface area contributed by atoms with E-state index in [0.717, 1.165) is 10.2 Å². The van der Waals surface area contributed by atoms with Gasteiger partial charge in [0.1, 0.15) is 13.2 Å². The minimum atomic E-state index is -3.38. The van der Waals surface area contributed by atoms with E-state index in [2.05, 4.69) is 10.3 Å². The molecule has 0 bridgehead atoms. The molecule has 2 heterocycles. The molecule has 0 spiro atoms. The number of benzene rings is 2. The van der Waals surface area contributed by atoms with Gasteiger partial charge < -0.3 is 14.8 Å². The van der Waals surface area contributed by atoms with E-state index in [9.17, 15) is 13.2 Å². The van der Waals surface area contributed by atoms with Gasteiger partial charge >= 0.3 is 0 Å². The highest BCUT2D eigenvalue weighted by atomic mass is 32.2. The van der Waals surface area contributed by atoms with Crippen molar-refractivity contribution in [2.45, 2.75) is 17.7 Å². The lowest BCUT2D eigenvalue weighted by Gasteiger charge is -2.17. The summed E-state index contributed by atoms with van der Waals surface area (Å²) >= 11 is 1.34. The molecule has 1 N–H and O–H groups in total. The Kier molecular flexibility index (Phi) is 5.19. The number of ether oxygens (including phenoxy) is 2. The Hall–Kier alpha value is -2.65. The lowest BCUT2D eigenvalue weighted by molar-refractivity contribution is -0.116. The lowest BCUT2D eigenvalue weighted by atomic mass is 10.3.